The lowest BCUT2D eigenvalue weighted by Gasteiger charge is -2.20. The molecule has 7 nitrogen and oxygen atoms in total. The number of hydrogen-bond acceptors (Lipinski definition) is 5. The van der Waals surface area contributed by atoms with E-state index in [0.29, 0.717) is 12.2 Å². The lowest BCUT2D eigenvalue weighted by Crippen LogP contribution is -2.45. The van der Waals surface area contributed by atoms with E-state index in [1.165, 1.54) is 12.4 Å². The Kier molecular flexibility index (Phi) is 5.68. The van der Waals surface area contributed by atoms with Gasteiger partial charge in [-0.2, -0.15) is 0 Å². The van der Waals surface area contributed by atoms with Crippen LogP contribution in [0.1, 0.15) is 27.7 Å². The van der Waals surface area contributed by atoms with Crippen LogP contribution < -0.4 is 15.4 Å². The molecular weight excluding hydrogens is 292 g/mol. The van der Waals surface area contributed by atoms with Crippen LogP contribution >= 0.6 is 0 Å². The van der Waals surface area contributed by atoms with Crippen molar-refractivity contribution in [1.82, 2.24) is 15.0 Å². The van der Waals surface area contributed by atoms with Crippen LogP contribution in [0, 0.1) is 0 Å². The molecule has 0 fully saturated rings. The molecule has 1 rings (SSSR count). The van der Waals surface area contributed by atoms with Gasteiger partial charge in [0.2, 0.25) is 15.9 Å². The summed E-state index contributed by atoms with van der Waals surface area (Å²) in [5.41, 5.74) is 0.0439. The first kappa shape index (κ1) is 17.4. The van der Waals surface area contributed by atoms with Crippen LogP contribution in [0.4, 0.5) is 5.69 Å². The standard InChI is InChI=1S/C13H22N4O3S/c1-5-15-10-6-7-14-8-11(10)21(19,20)16-9-12(18)17-13(2,3)4/h6-8,16H,5,9H2,1-4H3,(H,14,15)(H,17,18). The van der Waals surface area contributed by atoms with Gasteiger partial charge < -0.3 is 10.6 Å². The second kappa shape index (κ2) is 6.86. The molecule has 0 spiro atoms. The highest BCUT2D eigenvalue weighted by Gasteiger charge is 2.21. The fourth-order valence-electron chi connectivity index (χ4n) is 1.63. The molecular formula is C13H22N4O3S. The molecule has 0 aromatic carbocycles. The van der Waals surface area contributed by atoms with Gasteiger partial charge in [0.15, 0.2) is 0 Å². The number of carbonyl (C=O) groups is 1. The largest absolute Gasteiger partial charge is 0.384 e. The number of nitrogens with one attached hydrogen (secondary N) is 3. The van der Waals surface area contributed by atoms with Crippen LogP contribution in [0.3, 0.4) is 0 Å². The lowest BCUT2D eigenvalue weighted by atomic mass is 10.1. The highest BCUT2D eigenvalue weighted by Crippen LogP contribution is 2.18. The van der Waals surface area contributed by atoms with Crippen LogP contribution in [0.25, 0.3) is 0 Å². The third-order valence-electron chi connectivity index (χ3n) is 2.38. The summed E-state index contributed by atoms with van der Waals surface area (Å²) in [6, 6.07) is 1.58. The normalized spacial score (nSPS) is 12.0. The van der Waals surface area contributed by atoms with Crippen molar-refractivity contribution in [2.75, 3.05) is 18.4 Å². The Hall–Kier alpha value is -1.67. The summed E-state index contributed by atoms with van der Waals surface area (Å²) in [6.45, 7) is 7.59. The molecule has 0 aliphatic heterocycles. The summed E-state index contributed by atoms with van der Waals surface area (Å²) in [4.78, 5) is 15.5. The molecule has 0 saturated heterocycles. The van der Waals surface area contributed by atoms with Crippen molar-refractivity contribution in [2.45, 2.75) is 38.1 Å². The zero-order valence-corrected chi connectivity index (χ0v) is 13.5. The third-order valence-corrected chi connectivity index (χ3v) is 3.81. The number of aromatic nitrogens is 1. The predicted octanol–water partition coefficient (Wildman–Crippen LogP) is 0.706. The third kappa shape index (κ3) is 5.68. The van der Waals surface area contributed by atoms with Gasteiger partial charge >= 0.3 is 0 Å². The molecule has 0 aliphatic rings. The minimum Gasteiger partial charge on any atom is -0.384 e. The van der Waals surface area contributed by atoms with E-state index in [0.717, 1.165) is 0 Å². The molecule has 0 atom stereocenters. The average Bonchev–Trinajstić information content (AvgIpc) is 2.35. The number of sulfonamides is 1. The van der Waals surface area contributed by atoms with E-state index in [1.54, 1.807) is 6.07 Å². The molecule has 8 heteroatoms. The minimum absolute atomic E-state index is 0.0235. The maximum Gasteiger partial charge on any atom is 0.244 e. The van der Waals surface area contributed by atoms with Gasteiger partial charge in [0.1, 0.15) is 4.90 Å². The topological polar surface area (TPSA) is 100 Å². The highest BCUT2D eigenvalue weighted by atomic mass is 32.2. The van der Waals surface area contributed by atoms with Crippen LogP contribution in [-0.2, 0) is 14.8 Å². The number of pyridine rings is 1. The molecule has 118 valence electrons. The van der Waals surface area contributed by atoms with Crippen molar-refractivity contribution in [1.29, 1.82) is 0 Å². The van der Waals surface area contributed by atoms with E-state index < -0.39 is 15.6 Å². The molecule has 0 bridgehead atoms. The van der Waals surface area contributed by atoms with Crippen LogP contribution in [-0.4, -0.2) is 37.9 Å². The van der Waals surface area contributed by atoms with Crippen molar-refractivity contribution in [3.63, 3.8) is 0 Å². The molecule has 0 saturated carbocycles. The van der Waals surface area contributed by atoms with E-state index in [2.05, 4.69) is 20.3 Å². The smallest absolute Gasteiger partial charge is 0.244 e. The van der Waals surface area contributed by atoms with E-state index in [-0.39, 0.29) is 17.3 Å². The van der Waals surface area contributed by atoms with Gasteiger partial charge in [-0.05, 0) is 33.8 Å². The lowest BCUT2D eigenvalue weighted by molar-refractivity contribution is -0.121. The maximum absolute atomic E-state index is 12.2. The Morgan fingerprint density at radius 3 is 2.57 bits per heavy atom. The summed E-state index contributed by atoms with van der Waals surface area (Å²) in [6.07, 6.45) is 2.76. The molecule has 1 aromatic heterocycles. The summed E-state index contributed by atoms with van der Waals surface area (Å²) in [7, 11) is -3.80. The second-order valence-electron chi connectivity index (χ2n) is 5.52. The van der Waals surface area contributed by atoms with Gasteiger partial charge in [-0.15, -0.1) is 0 Å². The van der Waals surface area contributed by atoms with Crippen molar-refractivity contribution in [3.05, 3.63) is 18.5 Å². The summed E-state index contributed by atoms with van der Waals surface area (Å²) >= 11 is 0. The zero-order valence-electron chi connectivity index (χ0n) is 12.7. The number of rotatable bonds is 6. The highest BCUT2D eigenvalue weighted by molar-refractivity contribution is 7.89. The Bertz CT molecular complexity index is 594. The monoisotopic (exact) mass is 314 g/mol. The Morgan fingerprint density at radius 1 is 1.33 bits per heavy atom. The number of hydrogen-bond donors (Lipinski definition) is 3. The molecule has 3 N–H and O–H groups in total. The fourth-order valence-corrected chi connectivity index (χ4v) is 2.74. The quantitative estimate of drug-likeness (QED) is 0.718. The number of anilines is 1. The fraction of sp³-hybridized carbons (Fsp3) is 0.538. The van der Waals surface area contributed by atoms with Gasteiger partial charge in [-0.25, -0.2) is 13.1 Å². The van der Waals surface area contributed by atoms with Gasteiger partial charge in [-0.3, -0.25) is 9.78 Å². The van der Waals surface area contributed by atoms with E-state index in [1.807, 2.05) is 27.7 Å². The predicted molar refractivity (Wildman–Crippen MR) is 81.5 cm³/mol. The van der Waals surface area contributed by atoms with Gasteiger partial charge in [-0.1, -0.05) is 0 Å². The molecule has 1 aromatic rings. The summed E-state index contributed by atoms with van der Waals surface area (Å²) in [5, 5.41) is 5.63. The van der Waals surface area contributed by atoms with Crippen LogP contribution in [0.5, 0.6) is 0 Å². The van der Waals surface area contributed by atoms with E-state index >= 15 is 0 Å². The SMILES string of the molecule is CCNc1ccncc1S(=O)(=O)NCC(=O)NC(C)(C)C. The Morgan fingerprint density at radius 2 is 2.00 bits per heavy atom. The van der Waals surface area contributed by atoms with Gasteiger partial charge in [0, 0.05) is 24.5 Å². The Balaban J connectivity index is 2.81. The molecule has 21 heavy (non-hydrogen) atoms. The van der Waals surface area contributed by atoms with Crippen molar-refractivity contribution >= 4 is 21.6 Å². The molecule has 0 unspecified atom stereocenters. The summed E-state index contributed by atoms with van der Waals surface area (Å²) < 4.78 is 26.7. The maximum atomic E-state index is 12.2. The van der Waals surface area contributed by atoms with Crippen molar-refractivity contribution in [3.8, 4) is 0 Å². The van der Waals surface area contributed by atoms with Crippen LogP contribution in [0.15, 0.2) is 23.4 Å². The minimum atomic E-state index is -3.80. The van der Waals surface area contributed by atoms with Crippen molar-refractivity contribution in [2.24, 2.45) is 0 Å². The average molecular weight is 314 g/mol. The Labute approximate surface area is 125 Å². The first-order valence-electron chi connectivity index (χ1n) is 6.64. The first-order valence-corrected chi connectivity index (χ1v) is 8.12. The van der Waals surface area contributed by atoms with Gasteiger partial charge in [0.25, 0.3) is 0 Å². The summed E-state index contributed by atoms with van der Waals surface area (Å²) in [5.74, 6) is -0.389. The van der Waals surface area contributed by atoms with Crippen LogP contribution in [0.2, 0.25) is 0 Å². The zero-order chi connectivity index (χ0) is 16.1. The van der Waals surface area contributed by atoms with Gasteiger partial charge in [0.05, 0.1) is 12.2 Å². The van der Waals surface area contributed by atoms with Crippen molar-refractivity contribution < 1.29 is 13.2 Å². The van der Waals surface area contributed by atoms with E-state index in [4.69, 9.17) is 0 Å². The number of carbonyl (C=O) groups excluding carboxylic acids is 1. The molecule has 0 aliphatic carbocycles. The molecule has 1 heterocycles. The number of nitrogens with zero attached hydrogens (tertiary/aromatic N) is 1. The molecule has 0 radical (unpaired) electrons. The first-order chi connectivity index (χ1) is 9.65. The molecule has 1 amide bonds. The number of amides is 1. The van der Waals surface area contributed by atoms with E-state index in [9.17, 15) is 13.2 Å². The second-order valence-corrected chi connectivity index (χ2v) is 7.26.